The zero-order chi connectivity index (χ0) is 24.2. The monoisotopic (exact) mass is 486 g/mol. The highest BCUT2D eigenvalue weighted by atomic mass is 32.1. The third kappa shape index (κ3) is 5.18. The number of thiazole rings is 1. The molecule has 0 aliphatic carbocycles. The van der Waals surface area contributed by atoms with Crippen molar-refractivity contribution < 1.29 is 9.53 Å². The summed E-state index contributed by atoms with van der Waals surface area (Å²) >= 11 is 1.63. The molecular formula is C27H26N4O3S. The van der Waals surface area contributed by atoms with E-state index in [0.717, 1.165) is 47.2 Å². The van der Waals surface area contributed by atoms with E-state index < -0.39 is 0 Å². The number of pyridine rings is 1. The maximum atomic E-state index is 13.0. The summed E-state index contributed by atoms with van der Waals surface area (Å²) in [5.74, 6) is 0.605. The number of nitrogens with one attached hydrogen (secondary N) is 1. The highest BCUT2D eigenvalue weighted by Gasteiger charge is 2.24. The second-order valence-electron chi connectivity index (χ2n) is 8.42. The largest absolute Gasteiger partial charge is 0.497 e. The Morgan fingerprint density at radius 1 is 0.971 bits per heavy atom. The number of benzene rings is 2. The van der Waals surface area contributed by atoms with Crippen LogP contribution < -0.4 is 10.3 Å². The Morgan fingerprint density at radius 2 is 1.71 bits per heavy atom. The van der Waals surface area contributed by atoms with Crippen molar-refractivity contribution in [3.05, 3.63) is 93.7 Å². The van der Waals surface area contributed by atoms with Crippen LogP contribution in [-0.2, 0) is 6.54 Å². The van der Waals surface area contributed by atoms with Gasteiger partial charge in [-0.05, 0) is 42.0 Å². The summed E-state index contributed by atoms with van der Waals surface area (Å²) in [4.78, 5) is 37.3. The lowest BCUT2D eigenvalue weighted by molar-refractivity contribution is 0.0625. The number of rotatable bonds is 6. The van der Waals surface area contributed by atoms with Crippen molar-refractivity contribution in [3.8, 4) is 27.6 Å². The molecule has 2 aromatic carbocycles. The van der Waals surface area contributed by atoms with Gasteiger partial charge < -0.3 is 14.6 Å². The van der Waals surface area contributed by atoms with Gasteiger partial charge in [0.2, 0.25) is 0 Å². The van der Waals surface area contributed by atoms with Gasteiger partial charge in [0.05, 0.1) is 12.8 Å². The average Bonchev–Trinajstić information content (AvgIpc) is 3.37. The fourth-order valence-electron chi connectivity index (χ4n) is 4.18. The maximum absolute atomic E-state index is 13.0. The highest BCUT2D eigenvalue weighted by Crippen LogP contribution is 2.26. The quantitative estimate of drug-likeness (QED) is 0.443. The van der Waals surface area contributed by atoms with Gasteiger partial charge in [0.25, 0.3) is 11.5 Å². The van der Waals surface area contributed by atoms with Crippen LogP contribution in [0.2, 0.25) is 0 Å². The van der Waals surface area contributed by atoms with Crippen LogP contribution in [0.5, 0.6) is 5.75 Å². The van der Waals surface area contributed by atoms with E-state index in [1.165, 1.54) is 0 Å². The van der Waals surface area contributed by atoms with Crippen molar-refractivity contribution in [2.45, 2.75) is 6.54 Å². The normalized spacial score (nSPS) is 14.1. The van der Waals surface area contributed by atoms with Crippen LogP contribution in [-0.4, -0.2) is 59.0 Å². The number of amides is 1. The molecule has 1 N–H and O–H groups in total. The first-order chi connectivity index (χ1) is 17.1. The Hall–Kier alpha value is -3.75. The van der Waals surface area contributed by atoms with E-state index in [4.69, 9.17) is 9.72 Å². The predicted octanol–water partition coefficient (Wildman–Crippen LogP) is 4.13. The Labute approximate surface area is 207 Å². The summed E-state index contributed by atoms with van der Waals surface area (Å²) < 4.78 is 5.22. The number of nitrogens with zero attached hydrogens (tertiary/aromatic N) is 3. The first-order valence-electron chi connectivity index (χ1n) is 11.5. The number of piperazine rings is 1. The van der Waals surface area contributed by atoms with Gasteiger partial charge in [0, 0.05) is 49.4 Å². The van der Waals surface area contributed by atoms with Crippen molar-refractivity contribution in [3.63, 3.8) is 0 Å². The van der Waals surface area contributed by atoms with E-state index in [1.807, 2.05) is 54.6 Å². The van der Waals surface area contributed by atoms with Gasteiger partial charge in [-0.3, -0.25) is 14.5 Å². The molecule has 178 valence electrons. The Kier molecular flexibility index (Phi) is 6.74. The van der Waals surface area contributed by atoms with E-state index >= 15 is 0 Å². The van der Waals surface area contributed by atoms with Gasteiger partial charge in [-0.2, -0.15) is 0 Å². The third-order valence-electron chi connectivity index (χ3n) is 6.16. The number of aromatic amines is 1. The van der Waals surface area contributed by atoms with Gasteiger partial charge in [0.15, 0.2) is 0 Å². The second kappa shape index (κ2) is 10.2. The molecule has 8 heteroatoms. The van der Waals surface area contributed by atoms with Gasteiger partial charge in [-0.15, -0.1) is 11.3 Å². The molecule has 1 amide bonds. The number of carbonyl (C=O) groups is 1. The molecule has 1 aliphatic heterocycles. The van der Waals surface area contributed by atoms with Crippen molar-refractivity contribution in [2.75, 3.05) is 33.3 Å². The summed E-state index contributed by atoms with van der Waals surface area (Å²) in [6, 6.07) is 20.9. The van der Waals surface area contributed by atoms with E-state index in [-0.39, 0.29) is 17.0 Å². The van der Waals surface area contributed by atoms with Crippen molar-refractivity contribution in [2.24, 2.45) is 0 Å². The molecule has 1 aliphatic rings. The van der Waals surface area contributed by atoms with Crippen LogP contribution in [0.25, 0.3) is 21.8 Å². The first kappa shape index (κ1) is 23.0. The number of methoxy groups -OCH3 is 1. The Bertz CT molecular complexity index is 1360. The van der Waals surface area contributed by atoms with E-state index in [1.54, 1.807) is 35.5 Å². The van der Waals surface area contributed by atoms with Crippen LogP contribution in [0.1, 0.15) is 16.1 Å². The van der Waals surface area contributed by atoms with Gasteiger partial charge in [0.1, 0.15) is 16.3 Å². The molecule has 0 atom stereocenters. The molecular weight excluding hydrogens is 460 g/mol. The summed E-state index contributed by atoms with van der Waals surface area (Å²) in [5, 5.41) is 3.07. The minimum absolute atomic E-state index is 0.182. The maximum Gasteiger partial charge on any atom is 0.261 e. The predicted molar refractivity (Wildman–Crippen MR) is 138 cm³/mol. The van der Waals surface area contributed by atoms with E-state index in [2.05, 4.69) is 15.3 Å². The van der Waals surface area contributed by atoms with E-state index in [0.29, 0.717) is 18.8 Å². The van der Waals surface area contributed by atoms with Crippen LogP contribution in [0.15, 0.2) is 76.9 Å². The summed E-state index contributed by atoms with van der Waals surface area (Å²) in [5.41, 5.74) is 3.53. The summed E-state index contributed by atoms with van der Waals surface area (Å²) in [6.07, 6.45) is 0. The first-order valence-corrected chi connectivity index (χ1v) is 12.4. The van der Waals surface area contributed by atoms with Crippen molar-refractivity contribution in [1.82, 2.24) is 19.8 Å². The summed E-state index contributed by atoms with van der Waals surface area (Å²) in [6.45, 7) is 3.37. The fourth-order valence-corrected chi connectivity index (χ4v) is 5.00. The van der Waals surface area contributed by atoms with Gasteiger partial charge in [-0.1, -0.05) is 30.3 Å². The number of hydrogen-bond acceptors (Lipinski definition) is 6. The van der Waals surface area contributed by atoms with Gasteiger partial charge in [-0.25, -0.2) is 4.98 Å². The van der Waals surface area contributed by atoms with Crippen LogP contribution >= 0.6 is 11.3 Å². The topological polar surface area (TPSA) is 78.5 Å². The lowest BCUT2D eigenvalue weighted by atomic mass is 10.1. The Morgan fingerprint density at radius 3 is 2.40 bits per heavy atom. The molecule has 7 nitrogen and oxygen atoms in total. The number of ether oxygens (including phenoxy) is 1. The standard InChI is InChI=1S/C27H26N4O3S/c1-34-22-9-7-20(8-10-22)26-28-21(18-35-26)17-30-13-15-31(16-14-30)27(33)23-11-12-24(29-25(23)32)19-5-3-2-4-6-19/h2-12,18H,13-17H2,1H3,(H,29,32). The number of H-pyrrole nitrogens is 1. The average molecular weight is 487 g/mol. The highest BCUT2D eigenvalue weighted by molar-refractivity contribution is 7.13. The lowest BCUT2D eigenvalue weighted by Gasteiger charge is -2.34. The fraction of sp³-hybridized carbons (Fsp3) is 0.222. The number of hydrogen-bond donors (Lipinski definition) is 1. The van der Waals surface area contributed by atoms with Crippen LogP contribution in [0.4, 0.5) is 0 Å². The van der Waals surface area contributed by atoms with E-state index in [9.17, 15) is 9.59 Å². The molecule has 35 heavy (non-hydrogen) atoms. The molecule has 3 heterocycles. The second-order valence-corrected chi connectivity index (χ2v) is 9.28. The summed E-state index contributed by atoms with van der Waals surface area (Å²) in [7, 11) is 1.66. The molecule has 0 bridgehead atoms. The zero-order valence-electron chi connectivity index (χ0n) is 19.4. The Balaban J connectivity index is 1.18. The molecule has 0 radical (unpaired) electrons. The number of aromatic nitrogens is 2. The van der Waals surface area contributed by atoms with Crippen molar-refractivity contribution >= 4 is 17.2 Å². The van der Waals surface area contributed by atoms with Gasteiger partial charge >= 0.3 is 0 Å². The molecule has 5 rings (SSSR count). The van der Waals surface area contributed by atoms with Crippen molar-refractivity contribution in [1.29, 1.82) is 0 Å². The molecule has 1 saturated heterocycles. The smallest absolute Gasteiger partial charge is 0.261 e. The molecule has 0 unspecified atom stereocenters. The molecule has 4 aromatic rings. The number of carbonyl (C=O) groups excluding carboxylic acids is 1. The minimum atomic E-state index is -0.354. The van der Waals surface area contributed by atoms with Crippen LogP contribution in [0, 0.1) is 0 Å². The molecule has 0 spiro atoms. The zero-order valence-corrected chi connectivity index (χ0v) is 20.3. The minimum Gasteiger partial charge on any atom is -0.497 e. The third-order valence-corrected chi connectivity index (χ3v) is 7.10. The molecule has 2 aromatic heterocycles. The molecule has 1 fully saturated rings. The lowest BCUT2D eigenvalue weighted by Crippen LogP contribution is -2.49. The SMILES string of the molecule is COc1ccc(-c2nc(CN3CCN(C(=O)c4ccc(-c5ccccc5)[nH]c4=O)CC3)cs2)cc1. The molecule has 0 saturated carbocycles. The van der Waals surface area contributed by atoms with Crippen LogP contribution in [0.3, 0.4) is 0 Å².